The van der Waals surface area contributed by atoms with Crippen LogP contribution in [-0.2, 0) is 11.2 Å². The highest BCUT2D eigenvalue weighted by molar-refractivity contribution is 5.29. The first-order valence-electron chi connectivity index (χ1n) is 6.48. The van der Waals surface area contributed by atoms with E-state index in [9.17, 15) is 13.2 Å². The minimum absolute atomic E-state index is 0.0270. The number of halogens is 3. The molecule has 20 heavy (non-hydrogen) atoms. The van der Waals surface area contributed by atoms with Gasteiger partial charge in [-0.05, 0) is 32.3 Å². The second kappa shape index (κ2) is 7.61. The van der Waals surface area contributed by atoms with Crippen LogP contribution in [0.5, 0.6) is 0 Å². The first-order chi connectivity index (χ1) is 9.30. The van der Waals surface area contributed by atoms with E-state index in [1.165, 1.54) is 0 Å². The zero-order valence-electron chi connectivity index (χ0n) is 11.8. The molecule has 0 aliphatic rings. The Bertz CT molecular complexity index is 401. The molecule has 0 fully saturated rings. The first kappa shape index (κ1) is 16.9. The van der Waals surface area contributed by atoms with Gasteiger partial charge in [0.05, 0.1) is 0 Å². The summed E-state index contributed by atoms with van der Waals surface area (Å²) in [6.07, 6.45) is -3.19. The maximum Gasteiger partial charge on any atom is 0.411 e. The molecular weight excluding hydrogens is 269 g/mol. The number of hydrazine groups is 1. The fraction of sp³-hybridized carbons (Fsp3) is 0.571. The largest absolute Gasteiger partial charge is 0.411 e. The molecule has 0 radical (unpaired) electrons. The van der Waals surface area contributed by atoms with Gasteiger partial charge in [-0.1, -0.05) is 29.3 Å². The molecule has 0 aromatic heterocycles. The lowest BCUT2D eigenvalue weighted by atomic mass is 10.00. The topological polar surface area (TPSA) is 47.3 Å². The maximum absolute atomic E-state index is 11.9. The number of hydrogen-bond acceptors (Lipinski definition) is 3. The zero-order chi connectivity index (χ0) is 15.2. The standard InChI is InChI=1S/C14H21F3N2O/c1-10-5-11(2)7-12(6-10)8-13(19-18)3-4-20-9-14(15,16)17/h5-7,13,19H,3-4,8-9,18H2,1-2H3. The third kappa shape index (κ3) is 6.88. The quantitative estimate of drug-likeness (QED) is 0.461. The number of nitrogens with one attached hydrogen (secondary N) is 1. The molecule has 0 bridgehead atoms. The van der Waals surface area contributed by atoms with Gasteiger partial charge in [0.2, 0.25) is 0 Å². The molecule has 6 heteroatoms. The van der Waals surface area contributed by atoms with E-state index in [1.54, 1.807) is 0 Å². The lowest BCUT2D eigenvalue weighted by Gasteiger charge is -2.17. The average Bonchev–Trinajstić information content (AvgIpc) is 2.30. The monoisotopic (exact) mass is 290 g/mol. The molecule has 0 spiro atoms. The molecule has 1 rings (SSSR count). The Balaban J connectivity index is 2.43. The van der Waals surface area contributed by atoms with Crippen molar-refractivity contribution in [2.75, 3.05) is 13.2 Å². The number of ether oxygens (including phenoxy) is 1. The molecular formula is C14H21F3N2O. The minimum atomic E-state index is -4.28. The van der Waals surface area contributed by atoms with Crippen molar-refractivity contribution in [2.24, 2.45) is 5.84 Å². The molecule has 1 unspecified atom stereocenters. The van der Waals surface area contributed by atoms with Crippen LogP contribution in [-0.4, -0.2) is 25.4 Å². The van der Waals surface area contributed by atoms with Crippen molar-refractivity contribution >= 4 is 0 Å². The van der Waals surface area contributed by atoms with E-state index in [-0.39, 0.29) is 12.6 Å². The maximum atomic E-state index is 11.9. The van der Waals surface area contributed by atoms with Crippen LogP contribution in [0.2, 0.25) is 0 Å². The van der Waals surface area contributed by atoms with E-state index in [1.807, 2.05) is 26.0 Å². The van der Waals surface area contributed by atoms with Crippen LogP contribution in [0.25, 0.3) is 0 Å². The Morgan fingerprint density at radius 1 is 1.20 bits per heavy atom. The molecule has 0 amide bonds. The summed E-state index contributed by atoms with van der Waals surface area (Å²) in [6.45, 7) is 2.83. The summed E-state index contributed by atoms with van der Waals surface area (Å²) < 4.78 is 40.4. The summed E-state index contributed by atoms with van der Waals surface area (Å²) in [7, 11) is 0. The predicted molar refractivity (Wildman–Crippen MR) is 72.2 cm³/mol. The van der Waals surface area contributed by atoms with Crippen LogP contribution in [0.3, 0.4) is 0 Å². The third-order valence-corrected chi connectivity index (χ3v) is 2.88. The number of aryl methyl sites for hydroxylation is 2. The Morgan fingerprint density at radius 2 is 1.80 bits per heavy atom. The molecule has 1 atom stereocenters. The average molecular weight is 290 g/mol. The summed E-state index contributed by atoms with van der Waals surface area (Å²) in [6, 6.07) is 6.06. The van der Waals surface area contributed by atoms with Crippen molar-refractivity contribution < 1.29 is 17.9 Å². The molecule has 3 N–H and O–H groups in total. The van der Waals surface area contributed by atoms with E-state index in [0.29, 0.717) is 12.8 Å². The van der Waals surface area contributed by atoms with Crippen LogP contribution < -0.4 is 11.3 Å². The summed E-state index contributed by atoms with van der Waals surface area (Å²) in [5.74, 6) is 5.44. The number of hydrogen-bond donors (Lipinski definition) is 2. The smallest absolute Gasteiger partial charge is 0.372 e. The SMILES string of the molecule is Cc1cc(C)cc(CC(CCOCC(F)(F)F)NN)c1. The molecule has 0 saturated heterocycles. The van der Waals surface area contributed by atoms with Gasteiger partial charge in [-0.15, -0.1) is 0 Å². The van der Waals surface area contributed by atoms with E-state index < -0.39 is 12.8 Å². The molecule has 114 valence electrons. The van der Waals surface area contributed by atoms with Crippen LogP contribution >= 0.6 is 0 Å². The Morgan fingerprint density at radius 3 is 2.30 bits per heavy atom. The Labute approximate surface area is 117 Å². The second-order valence-corrected chi connectivity index (χ2v) is 5.02. The van der Waals surface area contributed by atoms with Gasteiger partial charge in [0, 0.05) is 12.6 Å². The fourth-order valence-electron chi connectivity index (χ4n) is 2.13. The lowest BCUT2D eigenvalue weighted by molar-refractivity contribution is -0.174. The van der Waals surface area contributed by atoms with Crippen LogP contribution in [0.4, 0.5) is 13.2 Å². The van der Waals surface area contributed by atoms with Gasteiger partial charge >= 0.3 is 6.18 Å². The van der Waals surface area contributed by atoms with Gasteiger partial charge in [-0.25, -0.2) is 0 Å². The highest BCUT2D eigenvalue weighted by Crippen LogP contribution is 2.15. The molecule has 1 aromatic rings. The molecule has 0 heterocycles. The molecule has 1 aromatic carbocycles. The first-order valence-corrected chi connectivity index (χ1v) is 6.48. The van der Waals surface area contributed by atoms with Crippen molar-refractivity contribution in [1.29, 1.82) is 0 Å². The fourth-order valence-corrected chi connectivity index (χ4v) is 2.13. The number of benzene rings is 1. The number of alkyl halides is 3. The van der Waals surface area contributed by atoms with Gasteiger partial charge in [0.1, 0.15) is 6.61 Å². The molecule has 0 aliphatic carbocycles. The third-order valence-electron chi connectivity index (χ3n) is 2.88. The van der Waals surface area contributed by atoms with Gasteiger partial charge in [0.25, 0.3) is 0 Å². The van der Waals surface area contributed by atoms with E-state index in [4.69, 9.17) is 5.84 Å². The number of nitrogens with two attached hydrogens (primary N) is 1. The predicted octanol–water partition coefficient (Wildman–Crippen LogP) is 2.65. The van der Waals surface area contributed by atoms with Gasteiger partial charge in [-0.2, -0.15) is 13.2 Å². The summed E-state index contributed by atoms with van der Waals surface area (Å²) in [4.78, 5) is 0. The van der Waals surface area contributed by atoms with Crippen molar-refractivity contribution in [2.45, 2.75) is 38.9 Å². The second-order valence-electron chi connectivity index (χ2n) is 5.02. The van der Waals surface area contributed by atoms with Crippen LogP contribution in [0, 0.1) is 13.8 Å². The van der Waals surface area contributed by atoms with Crippen molar-refractivity contribution in [3.8, 4) is 0 Å². The lowest BCUT2D eigenvalue weighted by Crippen LogP contribution is -2.38. The molecule has 0 saturated carbocycles. The summed E-state index contributed by atoms with van der Waals surface area (Å²) in [5.41, 5.74) is 6.05. The summed E-state index contributed by atoms with van der Waals surface area (Å²) >= 11 is 0. The van der Waals surface area contributed by atoms with Crippen molar-refractivity contribution in [1.82, 2.24) is 5.43 Å². The highest BCUT2D eigenvalue weighted by atomic mass is 19.4. The van der Waals surface area contributed by atoms with E-state index >= 15 is 0 Å². The van der Waals surface area contributed by atoms with Gasteiger partial charge < -0.3 is 4.74 Å². The number of rotatable bonds is 7. The van der Waals surface area contributed by atoms with E-state index in [0.717, 1.165) is 16.7 Å². The molecule has 0 aliphatic heterocycles. The highest BCUT2D eigenvalue weighted by Gasteiger charge is 2.27. The van der Waals surface area contributed by atoms with E-state index in [2.05, 4.69) is 16.2 Å². The zero-order valence-corrected chi connectivity index (χ0v) is 11.8. The Kier molecular flexibility index (Phi) is 6.45. The Hall–Kier alpha value is -1.11. The minimum Gasteiger partial charge on any atom is -0.372 e. The molecule has 3 nitrogen and oxygen atoms in total. The van der Waals surface area contributed by atoms with Crippen molar-refractivity contribution in [3.05, 3.63) is 34.9 Å². The van der Waals surface area contributed by atoms with Crippen LogP contribution in [0.15, 0.2) is 18.2 Å². The van der Waals surface area contributed by atoms with Gasteiger partial charge in [0.15, 0.2) is 0 Å². The van der Waals surface area contributed by atoms with Gasteiger partial charge in [-0.3, -0.25) is 11.3 Å². The summed E-state index contributed by atoms with van der Waals surface area (Å²) in [5, 5.41) is 0. The van der Waals surface area contributed by atoms with Crippen molar-refractivity contribution in [3.63, 3.8) is 0 Å². The normalized spacial score (nSPS) is 13.5. The van der Waals surface area contributed by atoms with Crippen LogP contribution in [0.1, 0.15) is 23.1 Å².